The Kier molecular flexibility index (Phi) is 3.87. The first-order chi connectivity index (χ1) is 9.08. The van der Waals surface area contributed by atoms with Crippen LogP contribution < -0.4 is 11.1 Å². The summed E-state index contributed by atoms with van der Waals surface area (Å²) in [5.41, 5.74) is 6.86. The van der Waals surface area contributed by atoms with E-state index in [0.29, 0.717) is 11.3 Å². The van der Waals surface area contributed by atoms with E-state index in [1.807, 2.05) is 0 Å². The van der Waals surface area contributed by atoms with Gasteiger partial charge in [0.1, 0.15) is 5.82 Å². The fourth-order valence-electron chi connectivity index (χ4n) is 1.68. The van der Waals surface area contributed by atoms with Gasteiger partial charge in [-0.05, 0) is 31.2 Å². The Morgan fingerprint density at radius 2 is 2.00 bits per heavy atom. The minimum absolute atomic E-state index is 0.249. The van der Waals surface area contributed by atoms with Crippen LogP contribution in [0.5, 0.6) is 0 Å². The Morgan fingerprint density at radius 1 is 1.32 bits per heavy atom. The molecule has 1 atom stereocenters. The third-order valence-electron chi connectivity index (χ3n) is 2.69. The van der Waals surface area contributed by atoms with Gasteiger partial charge in [0, 0.05) is 35.2 Å². The first-order valence-corrected chi connectivity index (χ1v) is 5.84. The fourth-order valence-corrected chi connectivity index (χ4v) is 1.68. The molecule has 2 rings (SSSR count). The second kappa shape index (κ2) is 5.58. The zero-order valence-electron chi connectivity index (χ0n) is 10.4. The molecule has 0 aliphatic rings. The number of amides is 1. The predicted octanol–water partition coefficient (Wildman–Crippen LogP) is 2.49. The predicted molar refractivity (Wildman–Crippen MR) is 71.2 cm³/mol. The fraction of sp³-hybridized carbons (Fsp3) is 0.143. The number of hydrogen-bond acceptors (Lipinski definition) is 3. The SMILES string of the molecule is C[C@@H](N)c1ccc(C(=O)Nc2ccncc2)cc1F. The second-order valence-corrected chi connectivity index (χ2v) is 4.21. The third-order valence-corrected chi connectivity index (χ3v) is 2.69. The molecule has 0 radical (unpaired) electrons. The van der Waals surface area contributed by atoms with Gasteiger partial charge in [-0.1, -0.05) is 6.07 Å². The Morgan fingerprint density at radius 3 is 2.58 bits per heavy atom. The minimum atomic E-state index is -0.475. The lowest BCUT2D eigenvalue weighted by atomic mass is 10.1. The van der Waals surface area contributed by atoms with Crippen LogP contribution in [0.15, 0.2) is 42.7 Å². The second-order valence-electron chi connectivity index (χ2n) is 4.21. The number of carbonyl (C=O) groups is 1. The van der Waals surface area contributed by atoms with Crippen LogP contribution in [-0.2, 0) is 0 Å². The zero-order chi connectivity index (χ0) is 13.8. The third kappa shape index (κ3) is 3.14. The van der Waals surface area contributed by atoms with E-state index >= 15 is 0 Å². The van der Waals surface area contributed by atoms with Crippen LogP contribution in [0.4, 0.5) is 10.1 Å². The molecule has 1 heterocycles. The Hall–Kier alpha value is -2.27. The summed E-state index contributed by atoms with van der Waals surface area (Å²) in [7, 11) is 0. The van der Waals surface area contributed by atoms with E-state index in [4.69, 9.17) is 5.73 Å². The van der Waals surface area contributed by atoms with E-state index in [0.717, 1.165) is 0 Å². The molecule has 2 aromatic rings. The summed E-state index contributed by atoms with van der Waals surface area (Å²) in [6.07, 6.45) is 3.13. The molecule has 0 aliphatic carbocycles. The monoisotopic (exact) mass is 259 g/mol. The molecule has 0 fully saturated rings. The van der Waals surface area contributed by atoms with Crippen LogP contribution in [0, 0.1) is 5.82 Å². The van der Waals surface area contributed by atoms with Crippen molar-refractivity contribution >= 4 is 11.6 Å². The van der Waals surface area contributed by atoms with Gasteiger partial charge in [0.15, 0.2) is 0 Å². The van der Waals surface area contributed by atoms with Gasteiger partial charge in [-0.3, -0.25) is 9.78 Å². The van der Waals surface area contributed by atoms with Crippen LogP contribution in [0.1, 0.15) is 28.9 Å². The number of pyridine rings is 1. The molecule has 0 spiro atoms. The van der Waals surface area contributed by atoms with Gasteiger partial charge < -0.3 is 11.1 Å². The summed E-state index contributed by atoms with van der Waals surface area (Å²) in [6.45, 7) is 1.69. The molecule has 0 saturated carbocycles. The van der Waals surface area contributed by atoms with Gasteiger partial charge in [-0.2, -0.15) is 0 Å². The molecule has 98 valence electrons. The lowest BCUT2D eigenvalue weighted by Crippen LogP contribution is -2.14. The lowest BCUT2D eigenvalue weighted by Gasteiger charge is -2.09. The van der Waals surface area contributed by atoms with Crippen molar-refractivity contribution in [2.45, 2.75) is 13.0 Å². The van der Waals surface area contributed by atoms with E-state index in [1.54, 1.807) is 37.5 Å². The quantitative estimate of drug-likeness (QED) is 0.889. The number of anilines is 1. The van der Waals surface area contributed by atoms with Gasteiger partial charge in [0.25, 0.3) is 5.91 Å². The lowest BCUT2D eigenvalue weighted by molar-refractivity contribution is 0.102. The highest BCUT2D eigenvalue weighted by atomic mass is 19.1. The summed E-state index contributed by atoms with van der Waals surface area (Å²) in [4.78, 5) is 15.8. The number of halogens is 1. The molecule has 3 N–H and O–H groups in total. The number of carbonyl (C=O) groups excluding carboxylic acids is 1. The first kappa shape index (κ1) is 13.2. The maximum Gasteiger partial charge on any atom is 0.255 e. The number of benzene rings is 1. The topological polar surface area (TPSA) is 68.0 Å². The molecule has 0 saturated heterocycles. The van der Waals surface area contributed by atoms with E-state index in [9.17, 15) is 9.18 Å². The van der Waals surface area contributed by atoms with Gasteiger partial charge in [-0.25, -0.2) is 4.39 Å². The largest absolute Gasteiger partial charge is 0.324 e. The Bertz CT molecular complexity index is 584. The molecule has 5 heteroatoms. The van der Waals surface area contributed by atoms with Gasteiger partial charge in [-0.15, -0.1) is 0 Å². The maximum absolute atomic E-state index is 13.7. The molecule has 4 nitrogen and oxygen atoms in total. The van der Waals surface area contributed by atoms with E-state index in [-0.39, 0.29) is 11.5 Å². The van der Waals surface area contributed by atoms with E-state index in [2.05, 4.69) is 10.3 Å². The molecule has 1 aromatic carbocycles. The molecular weight excluding hydrogens is 245 g/mol. The standard InChI is InChI=1S/C14H14FN3O/c1-9(16)12-3-2-10(8-13(12)15)14(19)18-11-4-6-17-7-5-11/h2-9H,16H2,1H3,(H,17,18,19)/t9-/m1/s1. The molecule has 19 heavy (non-hydrogen) atoms. The number of nitrogens with two attached hydrogens (primary N) is 1. The molecule has 0 unspecified atom stereocenters. The number of nitrogens with one attached hydrogen (secondary N) is 1. The average Bonchev–Trinajstić information content (AvgIpc) is 2.39. The summed E-state index contributed by atoms with van der Waals surface area (Å²) in [5, 5.41) is 2.66. The van der Waals surface area contributed by atoms with Crippen molar-refractivity contribution in [3.8, 4) is 0 Å². The number of rotatable bonds is 3. The number of aromatic nitrogens is 1. The number of hydrogen-bond donors (Lipinski definition) is 2. The van der Waals surface area contributed by atoms with Crippen LogP contribution in [0.25, 0.3) is 0 Å². The van der Waals surface area contributed by atoms with Crippen molar-refractivity contribution in [2.24, 2.45) is 5.73 Å². The smallest absolute Gasteiger partial charge is 0.255 e. The first-order valence-electron chi connectivity index (χ1n) is 5.84. The average molecular weight is 259 g/mol. The molecule has 0 aliphatic heterocycles. The van der Waals surface area contributed by atoms with Gasteiger partial charge >= 0.3 is 0 Å². The summed E-state index contributed by atoms with van der Waals surface area (Å²) < 4.78 is 13.7. The summed E-state index contributed by atoms with van der Waals surface area (Å²) >= 11 is 0. The van der Waals surface area contributed by atoms with Crippen molar-refractivity contribution in [1.82, 2.24) is 4.98 Å². The Labute approximate surface area is 110 Å². The van der Waals surface area contributed by atoms with Crippen molar-refractivity contribution in [3.05, 3.63) is 59.7 Å². The summed E-state index contributed by atoms with van der Waals surface area (Å²) in [6, 6.07) is 7.18. The molecule has 0 bridgehead atoms. The van der Waals surface area contributed by atoms with Crippen LogP contribution in [0.3, 0.4) is 0 Å². The summed E-state index contributed by atoms with van der Waals surface area (Å²) in [5.74, 6) is -0.848. The van der Waals surface area contributed by atoms with Crippen LogP contribution >= 0.6 is 0 Å². The highest BCUT2D eigenvalue weighted by Crippen LogP contribution is 2.17. The highest BCUT2D eigenvalue weighted by Gasteiger charge is 2.12. The molecule has 1 aromatic heterocycles. The molecule has 1 amide bonds. The van der Waals surface area contributed by atoms with Crippen LogP contribution in [-0.4, -0.2) is 10.9 Å². The minimum Gasteiger partial charge on any atom is -0.324 e. The number of nitrogens with zero attached hydrogens (tertiary/aromatic N) is 1. The normalized spacial score (nSPS) is 11.9. The van der Waals surface area contributed by atoms with Crippen LogP contribution in [0.2, 0.25) is 0 Å². The van der Waals surface area contributed by atoms with E-state index < -0.39 is 11.9 Å². The van der Waals surface area contributed by atoms with Crippen molar-refractivity contribution in [2.75, 3.05) is 5.32 Å². The molecular formula is C14H14FN3O. The maximum atomic E-state index is 13.7. The van der Waals surface area contributed by atoms with Gasteiger partial charge in [0.2, 0.25) is 0 Å². The van der Waals surface area contributed by atoms with Gasteiger partial charge in [0.05, 0.1) is 0 Å². The van der Waals surface area contributed by atoms with Crippen molar-refractivity contribution in [3.63, 3.8) is 0 Å². The van der Waals surface area contributed by atoms with Crippen molar-refractivity contribution in [1.29, 1.82) is 0 Å². The highest BCUT2D eigenvalue weighted by molar-refractivity contribution is 6.04. The Balaban J connectivity index is 2.18. The van der Waals surface area contributed by atoms with E-state index in [1.165, 1.54) is 12.1 Å². The van der Waals surface area contributed by atoms with Crippen molar-refractivity contribution < 1.29 is 9.18 Å². The zero-order valence-corrected chi connectivity index (χ0v) is 10.4.